The normalized spacial score (nSPS) is 12.0. The summed E-state index contributed by atoms with van der Waals surface area (Å²) in [6.07, 6.45) is 1.88. The smallest absolute Gasteiger partial charge is 0.408 e. The molecule has 37 heavy (non-hydrogen) atoms. The van der Waals surface area contributed by atoms with E-state index >= 15 is 0 Å². The number of para-hydroxylation sites is 1. The fourth-order valence-electron chi connectivity index (χ4n) is 3.88. The summed E-state index contributed by atoms with van der Waals surface area (Å²) in [6.45, 7) is 13.2. The van der Waals surface area contributed by atoms with Crippen molar-refractivity contribution < 1.29 is 19.1 Å². The number of carbonyl (C=O) groups is 3. The Balaban J connectivity index is 2.45. The van der Waals surface area contributed by atoms with Crippen molar-refractivity contribution in [1.82, 2.24) is 10.2 Å². The topological polar surface area (TPSA) is 87.7 Å². The van der Waals surface area contributed by atoms with Gasteiger partial charge in [0.2, 0.25) is 5.91 Å². The second-order valence-corrected chi connectivity index (χ2v) is 10.7. The van der Waals surface area contributed by atoms with Crippen LogP contribution in [-0.4, -0.2) is 41.5 Å². The Kier molecular flexibility index (Phi) is 11.0. The lowest BCUT2D eigenvalue weighted by Crippen LogP contribution is -2.47. The number of nitrogens with one attached hydrogen (secondary N) is 2. The van der Waals surface area contributed by atoms with Crippen molar-refractivity contribution in [2.75, 3.05) is 18.4 Å². The molecule has 1 unspecified atom stereocenters. The van der Waals surface area contributed by atoms with Crippen LogP contribution in [0.15, 0.2) is 36.4 Å². The lowest BCUT2D eigenvalue weighted by molar-refractivity contribution is -0.138. The third kappa shape index (κ3) is 9.08. The van der Waals surface area contributed by atoms with Gasteiger partial charge in [0.1, 0.15) is 18.2 Å². The van der Waals surface area contributed by atoms with Gasteiger partial charge >= 0.3 is 6.09 Å². The Morgan fingerprint density at radius 1 is 1.00 bits per heavy atom. The van der Waals surface area contributed by atoms with Crippen LogP contribution >= 0.6 is 11.6 Å². The van der Waals surface area contributed by atoms with Gasteiger partial charge in [0, 0.05) is 6.54 Å². The highest BCUT2D eigenvalue weighted by Gasteiger charge is 2.32. The SMILES string of the molecule is CCCCCN(C(=O)CNC(=O)OC(C)(C)C)C(C(=O)Nc1c(C)cccc1Cl)c1ccc(C)c(C)c1. The zero-order chi connectivity index (χ0) is 27.8. The number of hydrogen-bond donors (Lipinski definition) is 2. The fourth-order valence-corrected chi connectivity index (χ4v) is 4.15. The average molecular weight is 530 g/mol. The minimum Gasteiger partial charge on any atom is -0.444 e. The van der Waals surface area contributed by atoms with E-state index in [2.05, 4.69) is 17.6 Å². The van der Waals surface area contributed by atoms with E-state index in [0.717, 1.165) is 29.5 Å². The van der Waals surface area contributed by atoms with Gasteiger partial charge in [-0.3, -0.25) is 9.59 Å². The van der Waals surface area contributed by atoms with Crippen molar-refractivity contribution in [2.45, 2.75) is 79.4 Å². The molecule has 0 aromatic heterocycles. The number of unbranched alkanes of at least 4 members (excludes halogenated alkanes) is 2. The second-order valence-electron chi connectivity index (χ2n) is 10.3. The van der Waals surface area contributed by atoms with Crippen molar-refractivity contribution in [2.24, 2.45) is 0 Å². The molecular formula is C29H40ClN3O4. The van der Waals surface area contributed by atoms with Gasteiger partial charge in [0.15, 0.2) is 0 Å². The van der Waals surface area contributed by atoms with E-state index in [-0.39, 0.29) is 18.4 Å². The molecule has 1 atom stereocenters. The molecule has 3 amide bonds. The van der Waals surface area contributed by atoms with Crippen LogP contribution in [0.25, 0.3) is 0 Å². The number of benzene rings is 2. The van der Waals surface area contributed by atoms with Gasteiger partial charge in [-0.2, -0.15) is 0 Å². The quantitative estimate of drug-likeness (QED) is 0.344. The second kappa shape index (κ2) is 13.5. The summed E-state index contributed by atoms with van der Waals surface area (Å²) in [7, 11) is 0. The van der Waals surface area contributed by atoms with E-state index in [4.69, 9.17) is 16.3 Å². The van der Waals surface area contributed by atoms with Crippen molar-refractivity contribution in [3.8, 4) is 0 Å². The highest BCUT2D eigenvalue weighted by atomic mass is 35.5. The van der Waals surface area contributed by atoms with Gasteiger partial charge in [-0.25, -0.2) is 4.79 Å². The monoisotopic (exact) mass is 529 g/mol. The Hall–Kier alpha value is -3.06. The molecule has 0 bridgehead atoms. The predicted octanol–water partition coefficient (Wildman–Crippen LogP) is 6.49. The number of anilines is 1. The molecule has 0 spiro atoms. The standard InChI is InChI=1S/C29H40ClN3O4/c1-8-9-10-16-33(24(34)18-31-28(36)37-29(5,6)7)26(22-15-14-19(2)21(4)17-22)27(35)32-25-20(3)12-11-13-23(25)30/h11-15,17,26H,8-10,16,18H2,1-7H3,(H,31,36)(H,32,35). The maximum Gasteiger partial charge on any atom is 0.408 e. The third-order valence-corrected chi connectivity index (χ3v) is 6.30. The highest BCUT2D eigenvalue weighted by molar-refractivity contribution is 6.34. The average Bonchev–Trinajstić information content (AvgIpc) is 2.80. The number of ether oxygens (including phenoxy) is 1. The largest absolute Gasteiger partial charge is 0.444 e. The molecule has 202 valence electrons. The number of halogens is 1. The lowest BCUT2D eigenvalue weighted by atomic mass is 9.98. The Morgan fingerprint density at radius 2 is 1.70 bits per heavy atom. The van der Waals surface area contributed by atoms with E-state index in [0.29, 0.717) is 29.2 Å². The molecule has 0 aliphatic rings. The molecule has 0 radical (unpaired) electrons. The Bertz CT molecular complexity index is 1090. The number of carbonyl (C=O) groups excluding carboxylic acids is 3. The summed E-state index contributed by atoms with van der Waals surface area (Å²) in [6, 6.07) is 10.2. The van der Waals surface area contributed by atoms with E-state index in [1.807, 2.05) is 51.1 Å². The molecule has 0 saturated heterocycles. The number of amides is 3. The predicted molar refractivity (Wildman–Crippen MR) is 149 cm³/mol. The Labute approximate surface area is 225 Å². The summed E-state index contributed by atoms with van der Waals surface area (Å²) in [5.74, 6) is -0.752. The van der Waals surface area contributed by atoms with Crippen molar-refractivity contribution in [1.29, 1.82) is 0 Å². The third-order valence-electron chi connectivity index (χ3n) is 5.98. The minimum absolute atomic E-state index is 0.291. The maximum absolute atomic E-state index is 13.8. The van der Waals surface area contributed by atoms with Crippen molar-refractivity contribution in [3.05, 3.63) is 63.7 Å². The van der Waals surface area contributed by atoms with Crippen LogP contribution in [0.4, 0.5) is 10.5 Å². The van der Waals surface area contributed by atoms with Crippen LogP contribution in [0.1, 0.15) is 75.3 Å². The first-order chi connectivity index (χ1) is 17.3. The maximum atomic E-state index is 13.8. The van der Waals surface area contributed by atoms with Crippen LogP contribution in [0.2, 0.25) is 5.02 Å². The van der Waals surface area contributed by atoms with Gasteiger partial charge in [-0.1, -0.05) is 61.7 Å². The van der Waals surface area contributed by atoms with Crippen LogP contribution in [0.3, 0.4) is 0 Å². The molecule has 0 aliphatic carbocycles. The molecule has 7 nitrogen and oxygen atoms in total. The molecule has 2 N–H and O–H groups in total. The van der Waals surface area contributed by atoms with E-state index in [1.165, 1.54) is 0 Å². The van der Waals surface area contributed by atoms with Gasteiger partial charge in [0.25, 0.3) is 5.91 Å². The summed E-state index contributed by atoms with van der Waals surface area (Å²) in [5, 5.41) is 5.91. The molecule has 2 aromatic rings. The molecule has 0 saturated carbocycles. The van der Waals surface area contributed by atoms with Gasteiger partial charge in [-0.15, -0.1) is 0 Å². The van der Waals surface area contributed by atoms with E-state index < -0.39 is 17.7 Å². The number of aryl methyl sites for hydroxylation is 3. The number of alkyl carbamates (subject to hydrolysis) is 1. The van der Waals surface area contributed by atoms with E-state index in [1.54, 1.807) is 31.7 Å². The molecular weight excluding hydrogens is 490 g/mol. The number of hydrogen-bond acceptors (Lipinski definition) is 4. The molecule has 0 fully saturated rings. The molecule has 0 aliphatic heterocycles. The van der Waals surface area contributed by atoms with Crippen molar-refractivity contribution in [3.63, 3.8) is 0 Å². The number of rotatable bonds is 10. The molecule has 2 rings (SSSR count). The van der Waals surface area contributed by atoms with E-state index in [9.17, 15) is 14.4 Å². The van der Waals surface area contributed by atoms with Gasteiger partial charge in [-0.05, 0) is 76.3 Å². The Morgan fingerprint density at radius 3 is 2.30 bits per heavy atom. The van der Waals surface area contributed by atoms with Crippen molar-refractivity contribution >= 4 is 35.2 Å². The van der Waals surface area contributed by atoms with Gasteiger partial charge < -0.3 is 20.3 Å². The van der Waals surface area contributed by atoms with Crippen LogP contribution < -0.4 is 10.6 Å². The van der Waals surface area contributed by atoms with Gasteiger partial charge in [0.05, 0.1) is 10.7 Å². The summed E-state index contributed by atoms with van der Waals surface area (Å²) < 4.78 is 5.28. The first-order valence-electron chi connectivity index (χ1n) is 12.7. The first kappa shape index (κ1) is 30.2. The molecule has 8 heteroatoms. The zero-order valence-corrected chi connectivity index (χ0v) is 23.8. The number of nitrogens with zero attached hydrogens (tertiary/aromatic N) is 1. The van der Waals surface area contributed by atoms with Crippen LogP contribution in [0, 0.1) is 20.8 Å². The fraction of sp³-hybridized carbons (Fsp3) is 0.483. The van der Waals surface area contributed by atoms with Crippen LogP contribution in [0.5, 0.6) is 0 Å². The van der Waals surface area contributed by atoms with Crippen LogP contribution in [-0.2, 0) is 14.3 Å². The lowest BCUT2D eigenvalue weighted by Gasteiger charge is -2.32. The minimum atomic E-state index is -0.917. The highest BCUT2D eigenvalue weighted by Crippen LogP contribution is 2.30. The molecule has 0 heterocycles. The first-order valence-corrected chi connectivity index (χ1v) is 13.1. The summed E-state index contributed by atoms with van der Waals surface area (Å²) in [4.78, 5) is 41.1. The summed E-state index contributed by atoms with van der Waals surface area (Å²) in [5.41, 5.74) is 3.42. The zero-order valence-electron chi connectivity index (χ0n) is 23.0. The summed E-state index contributed by atoms with van der Waals surface area (Å²) >= 11 is 6.40. The molecule has 2 aromatic carbocycles.